The molecular formula is C20H25N3O4S. The Bertz CT molecular complexity index is 871. The number of carbonyl (C=O) groups is 1. The fraction of sp³-hybridized carbons (Fsp3) is 0.300. The lowest BCUT2D eigenvalue weighted by atomic mass is 10.1. The highest BCUT2D eigenvalue weighted by Crippen LogP contribution is 2.34. The van der Waals surface area contributed by atoms with Crippen LogP contribution in [-0.2, 0) is 6.42 Å². The summed E-state index contributed by atoms with van der Waals surface area (Å²) in [5, 5.41) is 3.41. The van der Waals surface area contributed by atoms with Crippen molar-refractivity contribution in [1.29, 1.82) is 0 Å². The Morgan fingerprint density at radius 1 is 1.00 bits per heavy atom. The number of ether oxygens (including phenoxy) is 3. The van der Waals surface area contributed by atoms with E-state index in [-0.39, 0.29) is 10.7 Å². The third-order valence-corrected chi connectivity index (χ3v) is 4.42. The van der Waals surface area contributed by atoms with Crippen molar-refractivity contribution >= 4 is 28.9 Å². The molecule has 0 bridgehead atoms. The second kappa shape index (κ2) is 9.80. The Morgan fingerprint density at radius 2 is 1.64 bits per heavy atom. The van der Waals surface area contributed by atoms with Crippen LogP contribution in [0.2, 0.25) is 0 Å². The quantitative estimate of drug-likeness (QED) is 0.505. The highest BCUT2D eigenvalue weighted by molar-refractivity contribution is 7.80. The van der Waals surface area contributed by atoms with Crippen LogP contribution in [-0.4, -0.2) is 32.3 Å². The van der Waals surface area contributed by atoms with Gasteiger partial charge in [0.2, 0.25) is 0 Å². The number of anilines is 1. The van der Waals surface area contributed by atoms with Crippen LogP contribution in [0.5, 0.6) is 17.2 Å². The zero-order valence-corrected chi connectivity index (χ0v) is 17.5. The number of thiocarbonyl (C=S) groups is 1. The molecule has 2 aromatic rings. The molecule has 2 rings (SSSR count). The third kappa shape index (κ3) is 4.83. The number of hydrazine groups is 1. The number of para-hydroxylation sites is 1. The van der Waals surface area contributed by atoms with Gasteiger partial charge in [-0.2, -0.15) is 0 Å². The smallest absolute Gasteiger partial charge is 0.273 e. The Kier molecular flexibility index (Phi) is 7.45. The summed E-state index contributed by atoms with van der Waals surface area (Å²) in [6.07, 6.45) is 0.863. The summed E-state index contributed by atoms with van der Waals surface area (Å²) < 4.78 is 15.8. The number of nitrogens with one attached hydrogen (secondary N) is 3. The molecule has 0 saturated heterocycles. The van der Waals surface area contributed by atoms with E-state index in [9.17, 15) is 4.79 Å². The molecular weight excluding hydrogens is 378 g/mol. The summed E-state index contributed by atoms with van der Waals surface area (Å²) in [6, 6.07) is 9.16. The first-order chi connectivity index (χ1) is 13.4. The van der Waals surface area contributed by atoms with Gasteiger partial charge in [-0.05, 0) is 36.7 Å². The number of amides is 1. The van der Waals surface area contributed by atoms with Crippen molar-refractivity contribution in [2.24, 2.45) is 0 Å². The molecule has 0 fully saturated rings. The summed E-state index contributed by atoms with van der Waals surface area (Å²) in [5.41, 5.74) is 8.70. The summed E-state index contributed by atoms with van der Waals surface area (Å²) in [5.74, 6) is 0.805. The molecule has 0 spiro atoms. The monoisotopic (exact) mass is 403 g/mol. The van der Waals surface area contributed by atoms with Crippen molar-refractivity contribution in [3.63, 3.8) is 0 Å². The lowest BCUT2D eigenvalue weighted by molar-refractivity contribution is 0.0940. The van der Waals surface area contributed by atoms with Crippen LogP contribution in [0.4, 0.5) is 5.69 Å². The van der Waals surface area contributed by atoms with Crippen molar-refractivity contribution in [2.45, 2.75) is 20.3 Å². The SMILES string of the molecule is CCc1cccc(C)c1NC(=S)NNC(=O)c1cc(OC)c(OC)cc1OC. The fourth-order valence-corrected chi connectivity index (χ4v) is 2.89. The van der Waals surface area contributed by atoms with Crippen molar-refractivity contribution < 1.29 is 19.0 Å². The van der Waals surface area contributed by atoms with E-state index in [0.29, 0.717) is 17.2 Å². The molecule has 0 heterocycles. The maximum absolute atomic E-state index is 12.6. The Balaban J connectivity index is 2.11. The van der Waals surface area contributed by atoms with Crippen LogP contribution >= 0.6 is 12.2 Å². The lowest BCUT2D eigenvalue weighted by Crippen LogP contribution is -2.44. The standard InChI is InChI=1S/C20H25N3O4S/c1-6-13-9-7-8-12(2)18(13)21-20(28)23-22-19(24)14-10-16(26-4)17(27-5)11-15(14)25-3/h7-11H,6H2,1-5H3,(H,22,24)(H2,21,23,28). The highest BCUT2D eigenvalue weighted by Gasteiger charge is 2.18. The molecule has 0 unspecified atom stereocenters. The molecule has 0 radical (unpaired) electrons. The number of rotatable bonds is 6. The van der Waals surface area contributed by atoms with Crippen molar-refractivity contribution in [2.75, 3.05) is 26.6 Å². The van der Waals surface area contributed by atoms with Crippen molar-refractivity contribution in [3.8, 4) is 17.2 Å². The zero-order chi connectivity index (χ0) is 20.7. The van der Waals surface area contributed by atoms with E-state index >= 15 is 0 Å². The first kappa shape index (κ1) is 21.3. The maximum Gasteiger partial charge on any atom is 0.273 e. The van der Waals surface area contributed by atoms with Gasteiger partial charge < -0.3 is 19.5 Å². The minimum Gasteiger partial charge on any atom is -0.496 e. The molecule has 0 aliphatic carbocycles. The predicted molar refractivity (Wildman–Crippen MR) is 113 cm³/mol. The van der Waals surface area contributed by atoms with Gasteiger partial charge in [0.15, 0.2) is 16.6 Å². The van der Waals surface area contributed by atoms with Gasteiger partial charge in [0.05, 0.1) is 26.9 Å². The van der Waals surface area contributed by atoms with Gasteiger partial charge in [-0.25, -0.2) is 0 Å². The molecule has 2 aromatic carbocycles. The molecule has 1 amide bonds. The average molecular weight is 404 g/mol. The normalized spacial score (nSPS) is 10.0. The van der Waals surface area contributed by atoms with E-state index in [4.69, 9.17) is 26.4 Å². The van der Waals surface area contributed by atoms with Gasteiger partial charge in [0.25, 0.3) is 5.91 Å². The minimum atomic E-state index is -0.428. The second-order valence-corrected chi connectivity index (χ2v) is 6.31. The number of carbonyl (C=O) groups excluding carboxylic acids is 1. The van der Waals surface area contributed by atoms with Gasteiger partial charge in [-0.3, -0.25) is 15.6 Å². The molecule has 0 aliphatic heterocycles. The molecule has 3 N–H and O–H groups in total. The lowest BCUT2D eigenvalue weighted by Gasteiger charge is -2.17. The number of methoxy groups -OCH3 is 3. The number of aryl methyl sites for hydroxylation is 2. The van der Waals surface area contributed by atoms with E-state index in [1.807, 2.05) is 25.1 Å². The number of hydrogen-bond donors (Lipinski definition) is 3. The number of hydrogen-bond acceptors (Lipinski definition) is 5. The summed E-state index contributed by atoms with van der Waals surface area (Å²) in [4.78, 5) is 12.6. The summed E-state index contributed by atoms with van der Waals surface area (Å²) >= 11 is 5.31. The maximum atomic E-state index is 12.6. The second-order valence-electron chi connectivity index (χ2n) is 5.90. The molecule has 8 heteroatoms. The molecule has 28 heavy (non-hydrogen) atoms. The van der Waals surface area contributed by atoms with Crippen LogP contribution in [0, 0.1) is 6.92 Å². The first-order valence-electron chi connectivity index (χ1n) is 8.70. The first-order valence-corrected chi connectivity index (χ1v) is 9.11. The van der Waals surface area contributed by atoms with Gasteiger partial charge in [0, 0.05) is 17.8 Å². The van der Waals surface area contributed by atoms with Crippen molar-refractivity contribution in [3.05, 3.63) is 47.0 Å². The van der Waals surface area contributed by atoms with E-state index < -0.39 is 5.91 Å². The van der Waals surface area contributed by atoms with Gasteiger partial charge in [-0.1, -0.05) is 25.1 Å². The summed E-state index contributed by atoms with van der Waals surface area (Å²) in [7, 11) is 4.48. The Morgan fingerprint density at radius 3 is 2.25 bits per heavy atom. The average Bonchev–Trinajstić information content (AvgIpc) is 2.72. The molecule has 150 valence electrons. The van der Waals surface area contributed by atoms with Gasteiger partial charge >= 0.3 is 0 Å². The highest BCUT2D eigenvalue weighted by atomic mass is 32.1. The van der Waals surface area contributed by atoms with Gasteiger partial charge in [-0.15, -0.1) is 0 Å². The summed E-state index contributed by atoms with van der Waals surface area (Å²) in [6.45, 7) is 4.07. The Labute approximate surface area is 170 Å². The van der Waals surface area contributed by atoms with Crippen molar-refractivity contribution in [1.82, 2.24) is 10.9 Å². The molecule has 0 atom stereocenters. The van der Waals surface area contributed by atoms with Crippen LogP contribution in [0.25, 0.3) is 0 Å². The van der Waals surface area contributed by atoms with Crippen LogP contribution in [0.3, 0.4) is 0 Å². The largest absolute Gasteiger partial charge is 0.496 e. The predicted octanol–water partition coefficient (Wildman–Crippen LogP) is 3.21. The topological polar surface area (TPSA) is 80.9 Å². The Hall–Kier alpha value is -3.00. The van der Waals surface area contributed by atoms with E-state index in [1.165, 1.54) is 21.3 Å². The van der Waals surface area contributed by atoms with Crippen LogP contribution < -0.4 is 30.4 Å². The zero-order valence-electron chi connectivity index (χ0n) is 16.6. The van der Waals surface area contributed by atoms with E-state index in [1.54, 1.807) is 12.1 Å². The van der Waals surface area contributed by atoms with E-state index in [2.05, 4.69) is 23.1 Å². The van der Waals surface area contributed by atoms with E-state index in [0.717, 1.165) is 23.2 Å². The molecule has 7 nitrogen and oxygen atoms in total. The van der Waals surface area contributed by atoms with Crippen LogP contribution in [0.1, 0.15) is 28.4 Å². The molecule has 0 saturated carbocycles. The molecule has 0 aliphatic rings. The minimum absolute atomic E-state index is 0.275. The number of benzene rings is 2. The third-order valence-electron chi connectivity index (χ3n) is 4.22. The van der Waals surface area contributed by atoms with Gasteiger partial charge in [0.1, 0.15) is 5.75 Å². The van der Waals surface area contributed by atoms with Crippen LogP contribution in [0.15, 0.2) is 30.3 Å². The fourth-order valence-electron chi connectivity index (χ4n) is 2.73. The molecule has 0 aromatic heterocycles.